The molecule has 0 atom stereocenters. The molecular weight excluding hydrogens is 536 g/mol. The average Bonchev–Trinajstić information content (AvgIpc) is 3.27. The number of hydrogen-bond donors (Lipinski definition) is 1. The number of nitrogens with zero attached hydrogens (tertiary/aromatic N) is 3. The summed E-state index contributed by atoms with van der Waals surface area (Å²) >= 11 is 0.679. The second-order valence-corrected chi connectivity index (χ2v) is 13.1. The largest absolute Gasteiger partial charge is 0.379 e. The van der Waals surface area contributed by atoms with Crippen LogP contribution in [0.3, 0.4) is 0 Å². The molecule has 0 amide bonds. The maximum atomic E-state index is 13.8. The number of anilines is 2. The van der Waals surface area contributed by atoms with Gasteiger partial charge in [0.2, 0.25) is 10.0 Å². The third kappa shape index (κ3) is 5.37. The summed E-state index contributed by atoms with van der Waals surface area (Å²) in [7, 11) is -8.07. The van der Waals surface area contributed by atoms with Crippen molar-refractivity contribution in [2.75, 3.05) is 68.4 Å². The van der Waals surface area contributed by atoms with Crippen molar-refractivity contribution in [1.82, 2.24) is 4.90 Å². The Labute approximate surface area is 215 Å². The highest BCUT2D eigenvalue weighted by molar-refractivity contribution is 7.96. The van der Waals surface area contributed by atoms with E-state index in [1.54, 1.807) is 18.2 Å². The van der Waals surface area contributed by atoms with Gasteiger partial charge >= 0.3 is 0 Å². The molecule has 5 rings (SSSR count). The van der Waals surface area contributed by atoms with Crippen LogP contribution in [-0.2, 0) is 29.5 Å². The number of halogens is 1. The molecule has 0 aliphatic carbocycles. The number of rotatable bonds is 5. The van der Waals surface area contributed by atoms with Crippen LogP contribution in [0, 0.1) is 0 Å². The first-order valence-corrected chi connectivity index (χ1v) is 14.7. The monoisotopic (exact) mass is 562 g/mol. The number of nitrogens with two attached hydrogens (primary N) is 1. The van der Waals surface area contributed by atoms with Crippen LogP contribution in [0.4, 0.5) is 11.4 Å². The van der Waals surface area contributed by atoms with E-state index in [2.05, 4.69) is 9.80 Å². The van der Waals surface area contributed by atoms with Crippen LogP contribution in [0.25, 0.3) is 6.08 Å². The van der Waals surface area contributed by atoms with Crippen molar-refractivity contribution >= 4 is 61.2 Å². The van der Waals surface area contributed by atoms with Crippen LogP contribution >= 0.6 is 23.7 Å². The molecule has 3 aliphatic rings. The van der Waals surface area contributed by atoms with Gasteiger partial charge in [-0.1, -0.05) is 0 Å². The van der Waals surface area contributed by atoms with Gasteiger partial charge in [-0.2, -0.15) is 8.42 Å². The summed E-state index contributed by atoms with van der Waals surface area (Å²) in [6.45, 7) is 5.76. The number of thiophene rings is 1. The molecule has 0 radical (unpaired) electrons. The normalized spacial score (nSPS) is 20.7. The van der Waals surface area contributed by atoms with Crippen molar-refractivity contribution in [3.05, 3.63) is 41.6 Å². The number of ether oxygens (including phenoxy) is 2. The summed E-state index contributed by atoms with van der Waals surface area (Å²) in [4.78, 5) is 4.32. The molecule has 3 aliphatic heterocycles. The lowest BCUT2D eigenvalue weighted by molar-refractivity contribution is 0.0423. The minimum atomic E-state index is -4.04. The van der Waals surface area contributed by atoms with Crippen molar-refractivity contribution < 1.29 is 26.3 Å². The third-order valence-corrected chi connectivity index (χ3v) is 10.9. The van der Waals surface area contributed by atoms with Crippen molar-refractivity contribution in [2.45, 2.75) is 8.42 Å². The Morgan fingerprint density at radius 2 is 1.51 bits per heavy atom. The van der Waals surface area contributed by atoms with Gasteiger partial charge < -0.3 is 14.4 Å². The van der Waals surface area contributed by atoms with E-state index in [1.165, 1.54) is 10.4 Å². The summed E-state index contributed by atoms with van der Waals surface area (Å²) in [5.74, 6) is 0. The summed E-state index contributed by atoms with van der Waals surface area (Å²) < 4.78 is 63.3. The zero-order valence-corrected chi connectivity index (χ0v) is 22.1. The Balaban J connectivity index is 0.00000289. The minimum Gasteiger partial charge on any atom is -0.379 e. The smallest absolute Gasteiger partial charge is 0.278 e. The zero-order chi connectivity index (χ0) is 23.9. The quantitative estimate of drug-likeness (QED) is 0.582. The molecule has 0 unspecified atom stereocenters. The van der Waals surface area contributed by atoms with Gasteiger partial charge in [0.1, 0.15) is 8.42 Å². The topological polar surface area (TPSA) is 122 Å². The molecular formula is C21H27ClN4O6S3. The summed E-state index contributed by atoms with van der Waals surface area (Å²) in [5.41, 5.74) is 2.38. The van der Waals surface area contributed by atoms with E-state index in [9.17, 15) is 16.8 Å². The first-order chi connectivity index (χ1) is 16.2. The van der Waals surface area contributed by atoms with Crippen LogP contribution in [0.2, 0.25) is 0 Å². The van der Waals surface area contributed by atoms with Gasteiger partial charge in [-0.25, -0.2) is 17.9 Å². The number of hydrogen-bond acceptors (Lipinski definition) is 9. The molecule has 0 bridgehead atoms. The van der Waals surface area contributed by atoms with Gasteiger partial charge in [-0.05, 0) is 36.4 Å². The Bertz CT molecular complexity index is 1300. The van der Waals surface area contributed by atoms with E-state index in [0.717, 1.165) is 18.8 Å². The second kappa shape index (κ2) is 10.3. The lowest BCUT2D eigenvalue weighted by Crippen LogP contribution is -2.42. The predicted octanol–water partition coefficient (Wildman–Crippen LogP) is 1.54. The average molecular weight is 563 g/mol. The molecule has 2 saturated heterocycles. The highest BCUT2D eigenvalue weighted by Gasteiger charge is 2.37. The Morgan fingerprint density at radius 1 is 0.943 bits per heavy atom. The van der Waals surface area contributed by atoms with Gasteiger partial charge in [0, 0.05) is 49.7 Å². The van der Waals surface area contributed by atoms with Crippen molar-refractivity contribution in [3.63, 3.8) is 0 Å². The molecule has 35 heavy (non-hydrogen) atoms. The first-order valence-electron chi connectivity index (χ1n) is 10.9. The van der Waals surface area contributed by atoms with Gasteiger partial charge in [0.15, 0.2) is 0 Å². The Hall–Kier alpha value is -1.71. The van der Waals surface area contributed by atoms with Crippen LogP contribution in [0.15, 0.2) is 44.4 Å². The van der Waals surface area contributed by atoms with Crippen molar-refractivity contribution in [1.29, 1.82) is 0 Å². The van der Waals surface area contributed by atoms with E-state index >= 15 is 0 Å². The lowest BCUT2D eigenvalue weighted by atomic mass is 10.2. The lowest BCUT2D eigenvalue weighted by Gasteiger charge is -2.35. The van der Waals surface area contributed by atoms with Crippen LogP contribution < -0.4 is 14.3 Å². The number of morpholine rings is 2. The SMILES string of the molecule is Cl.NS(=O)(=O)c1cc2c(s1)S(=O)(=O)N(c1ccc(N3CCOCC3)cc1)C(CN1CCOCC1)=C2. The maximum absolute atomic E-state index is 13.8. The highest BCUT2D eigenvalue weighted by atomic mass is 35.5. The Kier molecular flexibility index (Phi) is 7.79. The van der Waals surface area contributed by atoms with E-state index in [-0.39, 0.29) is 20.8 Å². The fraction of sp³-hybridized carbons (Fsp3) is 0.429. The molecule has 1 aromatic heterocycles. The van der Waals surface area contributed by atoms with E-state index in [4.69, 9.17) is 14.6 Å². The summed E-state index contributed by atoms with van der Waals surface area (Å²) in [5, 5.41) is 5.29. The second-order valence-electron chi connectivity index (χ2n) is 8.26. The van der Waals surface area contributed by atoms with Gasteiger partial charge in [0.05, 0.1) is 32.1 Å². The third-order valence-electron chi connectivity index (χ3n) is 5.99. The molecule has 2 aromatic rings. The van der Waals surface area contributed by atoms with E-state index in [1.807, 2.05) is 12.1 Å². The predicted molar refractivity (Wildman–Crippen MR) is 137 cm³/mol. The molecule has 14 heteroatoms. The molecule has 0 spiro atoms. The van der Waals surface area contributed by atoms with Gasteiger partial charge in [0.25, 0.3) is 10.0 Å². The fourth-order valence-corrected chi connectivity index (χ4v) is 8.39. The van der Waals surface area contributed by atoms with Crippen molar-refractivity contribution in [3.8, 4) is 0 Å². The Morgan fingerprint density at radius 3 is 2.11 bits per heavy atom. The first kappa shape index (κ1) is 26.4. The van der Waals surface area contributed by atoms with Crippen molar-refractivity contribution in [2.24, 2.45) is 5.14 Å². The summed E-state index contributed by atoms with van der Waals surface area (Å²) in [6.07, 6.45) is 1.74. The number of primary sulfonamides is 1. The molecule has 10 nitrogen and oxygen atoms in total. The van der Waals surface area contributed by atoms with E-state index in [0.29, 0.717) is 74.3 Å². The summed E-state index contributed by atoms with van der Waals surface area (Å²) in [6, 6.07) is 8.72. The van der Waals surface area contributed by atoms with Crippen LogP contribution in [0.1, 0.15) is 5.56 Å². The number of benzene rings is 1. The molecule has 2 fully saturated rings. The molecule has 2 N–H and O–H groups in total. The van der Waals surface area contributed by atoms with Crippen LogP contribution in [0.5, 0.6) is 0 Å². The standard InChI is InChI=1S/C21H26N4O6S3.ClH/c22-33(26,27)20-14-16-13-19(15-23-5-9-30-10-6-23)25(34(28,29)21(16)32-20)18-3-1-17(2-4-18)24-7-11-31-12-8-24;/h1-4,13-14H,5-12,15H2,(H2,22,26,27);1H. The van der Waals surface area contributed by atoms with Gasteiger partial charge in [-0.15, -0.1) is 23.7 Å². The molecule has 1 aromatic carbocycles. The fourth-order valence-electron chi connectivity index (χ4n) is 4.31. The minimum absolute atomic E-state index is 0. The number of fused-ring (bicyclic) bond motifs is 1. The van der Waals surface area contributed by atoms with Gasteiger partial charge in [-0.3, -0.25) is 4.90 Å². The molecule has 0 saturated carbocycles. The highest BCUT2D eigenvalue weighted by Crippen LogP contribution is 2.41. The van der Waals surface area contributed by atoms with E-state index < -0.39 is 20.0 Å². The molecule has 4 heterocycles. The maximum Gasteiger partial charge on any atom is 0.278 e. The zero-order valence-electron chi connectivity index (χ0n) is 18.8. The molecule has 192 valence electrons. The number of sulfonamides is 2. The van der Waals surface area contributed by atoms with Crippen LogP contribution in [-0.4, -0.2) is 80.9 Å².